The van der Waals surface area contributed by atoms with Crippen molar-refractivity contribution < 1.29 is 9.21 Å². The third-order valence-electron chi connectivity index (χ3n) is 5.27. The van der Waals surface area contributed by atoms with Crippen LogP contribution in [0, 0.1) is 0 Å². The van der Waals surface area contributed by atoms with Gasteiger partial charge in [-0.3, -0.25) is 19.8 Å². The molecule has 0 bridgehead atoms. The van der Waals surface area contributed by atoms with Gasteiger partial charge in [0.05, 0.1) is 29.4 Å². The smallest absolute Gasteiger partial charge is 0.245 e. The fraction of sp³-hybridized carbons (Fsp3) is 0.217. The Morgan fingerprint density at radius 2 is 2.12 bits per heavy atom. The number of nitrogens with one attached hydrogen (secondary N) is 1. The summed E-state index contributed by atoms with van der Waals surface area (Å²) in [6.45, 7) is 4.05. The van der Waals surface area contributed by atoms with Crippen LogP contribution in [0.25, 0.3) is 17.3 Å². The zero-order chi connectivity index (χ0) is 22.5. The molecule has 3 aromatic heterocycles. The molecule has 1 aliphatic rings. The standard InChI is InChI=1S/C23H23N7O2/c1-3-16-17(4-5-20(31)22-27-9-10-28-22)14(2)29-18(16)12-15-6-11-32-23(30-24)21(15)19-13-25-7-8-26-19/h6-13H,3-5,24H2,1-2H3,(H,27,28). The summed E-state index contributed by atoms with van der Waals surface area (Å²) in [4.78, 5) is 32.6. The number of Topliss-reactive ketones (excluding diaryl/α,β-unsaturated/α-hetero) is 1. The summed E-state index contributed by atoms with van der Waals surface area (Å²) < 4.78 is 5.48. The van der Waals surface area contributed by atoms with E-state index in [4.69, 9.17) is 15.3 Å². The van der Waals surface area contributed by atoms with Crippen molar-refractivity contribution >= 4 is 17.6 Å². The van der Waals surface area contributed by atoms with Gasteiger partial charge in [-0.1, -0.05) is 6.92 Å². The molecular formula is C23H23N7O2. The third kappa shape index (κ3) is 4.18. The van der Waals surface area contributed by atoms with E-state index < -0.39 is 0 Å². The first kappa shape index (κ1) is 21.1. The van der Waals surface area contributed by atoms with Crippen LogP contribution < -0.4 is 11.4 Å². The number of carbonyl (C=O) groups excluding carboxylic acids is 1. The van der Waals surface area contributed by atoms with Gasteiger partial charge in [0.1, 0.15) is 0 Å². The molecule has 4 rings (SSSR count). The summed E-state index contributed by atoms with van der Waals surface area (Å²) in [5, 5.41) is 3.77. The van der Waals surface area contributed by atoms with E-state index in [0.717, 1.165) is 34.5 Å². The van der Waals surface area contributed by atoms with Crippen molar-refractivity contribution in [1.82, 2.24) is 19.9 Å². The van der Waals surface area contributed by atoms with Crippen molar-refractivity contribution in [1.29, 1.82) is 0 Å². The Morgan fingerprint density at radius 3 is 2.81 bits per heavy atom. The van der Waals surface area contributed by atoms with Gasteiger partial charge in [0.15, 0.2) is 11.6 Å². The molecule has 0 unspecified atom stereocenters. The predicted molar refractivity (Wildman–Crippen MR) is 120 cm³/mol. The Hall–Kier alpha value is -4.14. The molecule has 3 aromatic rings. The SMILES string of the molecule is CCC1=C(CCC(=O)c2ncc[nH]2)C(C)=NC1=Cc1ccoc(=NN)c1-c1cnccn1. The lowest BCUT2D eigenvalue weighted by molar-refractivity contribution is 0.0974. The maximum Gasteiger partial charge on any atom is 0.245 e. The summed E-state index contributed by atoms with van der Waals surface area (Å²) in [6.07, 6.45) is 13.3. The lowest BCUT2D eigenvalue weighted by Crippen LogP contribution is -2.11. The zero-order valence-electron chi connectivity index (χ0n) is 17.9. The molecule has 0 spiro atoms. The molecule has 32 heavy (non-hydrogen) atoms. The average Bonchev–Trinajstić information content (AvgIpc) is 3.46. The highest BCUT2D eigenvalue weighted by molar-refractivity contribution is 6.05. The van der Waals surface area contributed by atoms with E-state index in [-0.39, 0.29) is 11.3 Å². The van der Waals surface area contributed by atoms with Gasteiger partial charge in [-0.25, -0.2) is 4.98 Å². The first-order valence-corrected chi connectivity index (χ1v) is 10.3. The summed E-state index contributed by atoms with van der Waals surface area (Å²) >= 11 is 0. The Kier molecular flexibility index (Phi) is 6.16. The predicted octanol–water partition coefficient (Wildman–Crippen LogP) is 3.42. The molecule has 0 saturated heterocycles. The summed E-state index contributed by atoms with van der Waals surface area (Å²) in [6, 6.07) is 1.82. The molecule has 9 heteroatoms. The maximum atomic E-state index is 12.4. The van der Waals surface area contributed by atoms with Crippen molar-refractivity contribution in [2.75, 3.05) is 0 Å². The number of nitrogens with two attached hydrogens (primary N) is 1. The van der Waals surface area contributed by atoms with Crippen molar-refractivity contribution in [2.24, 2.45) is 15.9 Å². The molecule has 0 fully saturated rings. The maximum absolute atomic E-state index is 12.4. The molecule has 0 atom stereocenters. The van der Waals surface area contributed by atoms with E-state index in [9.17, 15) is 4.79 Å². The van der Waals surface area contributed by atoms with Gasteiger partial charge in [0.2, 0.25) is 5.55 Å². The number of hydrogen-bond donors (Lipinski definition) is 2. The Bertz CT molecular complexity index is 1280. The second kappa shape index (κ2) is 9.34. The van der Waals surface area contributed by atoms with E-state index >= 15 is 0 Å². The number of carbonyl (C=O) groups is 1. The molecule has 0 saturated carbocycles. The normalized spacial score (nSPS) is 15.5. The Balaban J connectivity index is 1.71. The van der Waals surface area contributed by atoms with E-state index in [1.165, 1.54) is 6.26 Å². The molecule has 3 N–H and O–H groups in total. The van der Waals surface area contributed by atoms with Gasteiger partial charge in [-0.15, -0.1) is 5.10 Å². The minimum atomic E-state index is -0.0213. The minimum absolute atomic E-state index is 0.0213. The van der Waals surface area contributed by atoms with Gasteiger partial charge in [0.25, 0.3) is 0 Å². The number of ketones is 1. The van der Waals surface area contributed by atoms with Crippen molar-refractivity contribution in [3.63, 3.8) is 0 Å². The highest BCUT2D eigenvalue weighted by atomic mass is 16.3. The molecule has 1 aliphatic heterocycles. The van der Waals surface area contributed by atoms with Gasteiger partial charge >= 0.3 is 0 Å². The van der Waals surface area contributed by atoms with Crippen LogP contribution in [0.3, 0.4) is 0 Å². The number of allylic oxidation sites excluding steroid dienone is 2. The summed E-state index contributed by atoms with van der Waals surface area (Å²) in [5.74, 6) is 5.92. The number of hydrogen-bond acceptors (Lipinski definition) is 8. The third-order valence-corrected chi connectivity index (χ3v) is 5.27. The van der Waals surface area contributed by atoms with Crippen LogP contribution in [-0.4, -0.2) is 31.4 Å². The van der Waals surface area contributed by atoms with E-state index in [2.05, 4.69) is 32.0 Å². The monoisotopic (exact) mass is 429 g/mol. The molecule has 9 nitrogen and oxygen atoms in total. The Morgan fingerprint density at radius 1 is 1.25 bits per heavy atom. The van der Waals surface area contributed by atoms with Crippen LogP contribution in [0.1, 0.15) is 49.3 Å². The van der Waals surface area contributed by atoms with Crippen LogP contribution >= 0.6 is 0 Å². The van der Waals surface area contributed by atoms with Gasteiger partial charge in [-0.2, -0.15) is 0 Å². The first-order chi connectivity index (χ1) is 15.6. The fourth-order valence-corrected chi connectivity index (χ4v) is 3.79. The van der Waals surface area contributed by atoms with Crippen LogP contribution in [0.5, 0.6) is 0 Å². The summed E-state index contributed by atoms with van der Waals surface area (Å²) in [7, 11) is 0. The van der Waals surface area contributed by atoms with Crippen LogP contribution in [-0.2, 0) is 0 Å². The number of nitrogens with zero attached hydrogens (tertiary/aromatic N) is 5. The first-order valence-electron chi connectivity index (χ1n) is 10.3. The number of rotatable bonds is 7. The largest absolute Gasteiger partial charge is 0.445 e. The molecule has 0 aromatic carbocycles. The number of aromatic amines is 1. The van der Waals surface area contributed by atoms with Crippen molar-refractivity contribution in [3.8, 4) is 11.3 Å². The second-order valence-electron chi connectivity index (χ2n) is 7.17. The molecule has 4 heterocycles. The topological polar surface area (TPSA) is 135 Å². The molecular weight excluding hydrogens is 406 g/mol. The number of imidazole rings is 1. The molecule has 0 aliphatic carbocycles. The van der Waals surface area contributed by atoms with Crippen molar-refractivity contribution in [2.45, 2.75) is 33.1 Å². The lowest BCUT2D eigenvalue weighted by atomic mass is 9.96. The highest BCUT2D eigenvalue weighted by Gasteiger charge is 2.22. The fourth-order valence-electron chi connectivity index (χ4n) is 3.79. The molecule has 162 valence electrons. The zero-order valence-corrected chi connectivity index (χ0v) is 17.9. The average molecular weight is 429 g/mol. The van der Waals surface area contributed by atoms with Gasteiger partial charge < -0.3 is 15.2 Å². The quantitative estimate of drug-likeness (QED) is 0.336. The van der Waals surface area contributed by atoms with Crippen molar-refractivity contribution in [3.05, 3.63) is 77.1 Å². The molecule has 0 amide bonds. The Labute approximate surface area is 184 Å². The number of aliphatic imine (C=N–C) groups is 1. The van der Waals surface area contributed by atoms with E-state index in [1.54, 1.807) is 31.0 Å². The number of aromatic nitrogens is 4. The highest BCUT2D eigenvalue weighted by Crippen LogP contribution is 2.33. The summed E-state index contributed by atoms with van der Waals surface area (Å²) in [5.41, 5.74) is 6.24. The second-order valence-corrected chi connectivity index (χ2v) is 7.17. The van der Waals surface area contributed by atoms with Crippen LogP contribution in [0.15, 0.2) is 74.7 Å². The lowest BCUT2D eigenvalue weighted by Gasteiger charge is -2.08. The minimum Gasteiger partial charge on any atom is -0.445 e. The number of H-pyrrole nitrogens is 1. The van der Waals surface area contributed by atoms with Gasteiger partial charge in [-0.05, 0) is 48.6 Å². The van der Waals surface area contributed by atoms with E-state index in [1.807, 2.05) is 19.1 Å². The van der Waals surface area contributed by atoms with E-state index in [0.29, 0.717) is 29.9 Å². The molecule has 0 radical (unpaired) electrons. The van der Waals surface area contributed by atoms with Gasteiger partial charge in [0, 0.05) is 36.9 Å². The van der Waals surface area contributed by atoms with Crippen LogP contribution in [0.4, 0.5) is 0 Å². The van der Waals surface area contributed by atoms with Crippen LogP contribution in [0.2, 0.25) is 0 Å².